The van der Waals surface area contributed by atoms with Gasteiger partial charge in [-0.3, -0.25) is 9.69 Å². The number of hydrogen-bond donors (Lipinski definition) is 1. The molecular formula is C31H38N2O3. The molecule has 36 heavy (non-hydrogen) atoms. The third-order valence-electron chi connectivity index (χ3n) is 7.67. The third kappa shape index (κ3) is 5.22. The molecule has 1 fully saturated rings. The molecule has 0 saturated carbocycles. The molecule has 0 bridgehead atoms. The highest BCUT2D eigenvalue weighted by Crippen LogP contribution is 2.41. The number of amides is 1. The Kier molecular flexibility index (Phi) is 7.47. The molecule has 3 aromatic rings. The lowest BCUT2D eigenvalue weighted by atomic mass is 9.93. The van der Waals surface area contributed by atoms with Crippen molar-refractivity contribution >= 4 is 22.4 Å². The molecule has 1 aliphatic heterocycles. The standard InChI is InChI=1S/C31H38N2O3/c1-4-35-30-22(3)31-27(25-12-8-9-13-28(25)36-31)19-26(30)21(2)18-29(34)32-24-14-16-33(17-15-24)20-23-10-6-5-7-11-23/h5-7,10-11,18-19,24H,4,8-9,12-17,20H2,1-3H3,(H,32,34)/b21-18+. The van der Waals surface area contributed by atoms with E-state index in [1.165, 1.54) is 29.4 Å². The molecule has 1 aliphatic carbocycles. The van der Waals surface area contributed by atoms with Gasteiger partial charge in [0, 0.05) is 60.2 Å². The summed E-state index contributed by atoms with van der Waals surface area (Å²) in [6.07, 6.45) is 8.13. The number of rotatable bonds is 7. The normalized spacial score (nSPS) is 17.2. The molecule has 1 amide bonds. The van der Waals surface area contributed by atoms with Crippen molar-refractivity contribution in [1.29, 1.82) is 0 Å². The molecule has 0 radical (unpaired) electrons. The lowest BCUT2D eigenvalue weighted by molar-refractivity contribution is -0.117. The Morgan fingerprint density at radius 3 is 2.67 bits per heavy atom. The number of allylic oxidation sites excluding steroid dienone is 1. The Balaban J connectivity index is 1.29. The van der Waals surface area contributed by atoms with Crippen molar-refractivity contribution in [2.24, 2.45) is 0 Å². The van der Waals surface area contributed by atoms with Gasteiger partial charge in [0.05, 0.1) is 6.61 Å². The van der Waals surface area contributed by atoms with E-state index in [2.05, 4.69) is 53.5 Å². The second-order valence-electron chi connectivity index (χ2n) is 10.3. The van der Waals surface area contributed by atoms with Crippen LogP contribution in [0.15, 0.2) is 46.9 Å². The number of aryl methyl sites for hydroxylation is 3. The first kappa shape index (κ1) is 24.6. The fraction of sp³-hybridized carbons (Fsp3) is 0.452. The number of hydrogen-bond acceptors (Lipinski definition) is 4. The van der Waals surface area contributed by atoms with Crippen LogP contribution in [0.1, 0.15) is 67.5 Å². The molecule has 1 saturated heterocycles. The zero-order chi connectivity index (χ0) is 25.1. The quantitative estimate of drug-likeness (QED) is 0.404. The van der Waals surface area contributed by atoms with E-state index in [1.807, 2.05) is 13.8 Å². The minimum Gasteiger partial charge on any atom is -0.493 e. The fourth-order valence-corrected chi connectivity index (χ4v) is 5.75. The van der Waals surface area contributed by atoms with Crippen LogP contribution >= 0.6 is 0 Å². The minimum atomic E-state index is -0.0246. The summed E-state index contributed by atoms with van der Waals surface area (Å²) < 4.78 is 12.4. The number of carbonyl (C=O) groups excluding carboxylic acids is 1. The van der Waals surface area contributed by atoms with Gasteiger partial charge < -0.3 is 14.5 Å². The Bertz CT molecular complexity index is 1250. The molecule has 5 rings (SSSR count). The van der Waals surface area contributed by atoms with Crippen LogP contribution in [0.2, 0.25) is 0 Å². The lowest BCUT2D eigenvalue weighted by Gasteiger charge is -2.32. The number of carbonyl (C=O) groups is 1. The average molecular weight is 487 g/mol. The Morgan fingerprint density at radius 1 is 1.17 bits per heavy atom. The molecule has 1 N–H and O–H groups in total. The lowest BCUT2D eigenvalue weighted by Crippen LogP contribution is -2.43. The zero-order valence-corrected chi connectivity index (χ0v) is 21.9. The number of piperidine rings is 1. The van der Waals surface area contributed by atoms with Gasteiger partial charge >= 0.3 is 0 Å². The van der Waals surface area contributed by atoms with Crippen molar-refractivity contribution < 1.29 is 13.9 Å². The van der Waals surface area contributed by atoms with E-state index in [0.29, 0.717) is 6.61 Å². The van der Waals surface area contributed by atoms with Gasteiger partial charge in [-0.25, -0.2) is 0 Å². The molecule has 0 unspecified atom stereocenters. The van der Waals surface area contributed by atoms with E-state index < -0.39 is 0 Å². The summed E-state index contributed by atoms with van der Waals surface area (Å²) in [7, 11) is 0. The highest BCUT2D eigenvalue weighted by atomic mass is 16.5. The molecule has 1 aromatic heterocycles. The van der Waals surface area contributed by atoms with Gasteiger partial charge in [0.15, 0.2) is 0 Å². The zero-order valence-electron chi connectivity index (χ0n) is 21.9. The number of ether oxygens (including phenoxy) is 1. The molecule has 2 aromatic carbocycles. The summed E-state index contributed by atoms with van der Waals surface area (Å²) >= 11 is 0. The molecule has 2 aliphatic rings. The van der Waals surface area contributed by atoms with Gasteiger partial charge in [0.25, 0.3) is 0 Å². The average Bonchev–Trinajstić information content (AvgIpc) is 3.26. The molecule has 5 nitrogen and oxygen atoms in total. The van der Waals surface area contributed by atoms with Gasteiger partial charge in [-0.2, -0.15) is 0 Å². The van der Waals surface area contributed by atoms with Crippen LogP contribution in [0.3, 0.4) is 0 Å². The van der Waals surface area contributed by atoms with Gasteiger partial charge in [-0.1, -0.05) is 30.3 Å². The number of likely N-dealkylation sites (tertiary alicyclic amines) is 1. The minimum absolute atomic E-state index is 0.0246. The summed E-state index contributed by atoms with van der Waals surface area (Å²) in [6, 6.07) is 13.0. The van der Waals surface area contributed by atoms with Gasteiger partial charge in [-0.05, 0) is 70.1 Å². The third-order valence-corrected chi connectivity index (χ3v) is 7.67. The summed E-state index contributed by atoms with van der Waals surface area (Å²) in [5.74, 6) is 1.92. The van der Waals surface area contributed by atoms with E-state index in [9.17, 15) is 4.79 Å². The summed E-state index contributed by atoms with van der Waals surface area (Å²) in [6.45, 7) is 9.62. The maximum atomic E-state index is 13.0. The SMILES string of the molecule is CCOc1c(/C(C)=C/C(=O)NC2CCN(Cc3ccccc3)CC2)cc2c3c(oc2c1C)CCCC3. The largest absolute Gasteiger partial charge is 0.493 e. The molecule has 5 heteroatoms. The van der Waals surface area contributed by atoms with Crippen LogP contribution in [0, 0.1) is 6.92 Å². The highest BCUT2D eigenvalue weighted by Gasteiger charge is 2.24. The van der Waals surface area contributed by atoms with Crippen molar-refractivity contribution in [3.05, 3.63) is 70.5 Å². The van der Waals surface area contributed by atoms with Crippen LogP contribution < -0.4 is 10.1 Å². The van der Waals surface area contributed by atoms with Crippen molar-refractivity contribution in [1.82, 2.24) is 10.2 Å². The number of nitrogens with one attached hydrogen (secondary N) is 1. The molecule has 0 spiro atoms. The predicted octanol–water partition coefficient (Wildman–Crippen LogP) is 6.20. The van der Waals surface area contributed by atoms with E-state index >= 15 is 0 Å². The number of nitrogens with zero attached hydrogens (tertiary/aromatic N) is 1. The first-order valence-electron chi connectivity index (χ1n) is 13.5. The smallest absolute Gasteiger partial charge is 0.244 e. The van der Waals surface area contributed by atoms with Crippen molar-refractivity contribution in [3.8, 4) is 5.75 Å². The van der Waals surface area contributed by atoms with Gasteiger partial charge in [0.1, 0.15) is 17.1 Å². The number of benzene rings is 2. The Hall–Kier alpha value is -3.05. The van der Waals surface area contributed by atoms with Crippen LogP contribution in [-0.2, 0) is 24.2 Å². The first-order chi connectivity index (χ1) is 17.5. The van der Waals surface area contributed by atoms with E-state index in [1.54, 1.807) is 6.08 Å². The van der Waals surface area contributed by atoms with Crippen LogP contribution in [0.25, 0.3) is 16.5 Å². The van der Waals surface area contributed by atoms with Crippen molar-refractivity contribution in [2.45, 2.75) is 71.9 Å². The van der Waals surface area contributed by atoms with Gasteiger partial charge in [0.2, 0.25) is 5.91 Å². The molecule has 190 valence electrons. The Morgan fingerprint density at radius 2 is 1.92 bits per heavy atom. The highest BCUT2D eigenvalue weighted by molar-refractivity contribution is 5.98. The second kappa shape index (κ2) is 10.9. The van der Waals surface area contributed by atoms with Crippen LogP contribution in [-0.4, -0.2) is 36.5 Å². The predicted molar refractivity (Wildman–Crippen MR) is 145 cm³/mol. The first-order valence-corrected chi connectivity index (χ1v) is 13.5. The molecule has 0 atom stereocenters. The second-order valence-corrected chi connectivity index (χ2v) is 10.3. The maximum absolute atomic E-state index is 13.0. The number of furan rings is 1. The monoisotopic (exact) mass is 486 g/mol. The topological polar surface area (TPSA) is 54.7 Å². The summed E-state index contributed by atoms with van der Waals surface area (Å²) in [5.41, 5.74) is 6.56. The van der Waals surface area contributed by atoms with E-state index in [0.717, 1.165) is 79.1 Å². The van der Waals surface area contributed by atoms with E-state index in [-0.39, 0.29) is 11.9 Å². The van der Waals surface area contributed by atoms with Crippen molar-refractivity contribution in [3.63, 3.8) is 0 Å². The Labute approximate surface area is 214 Å². The molecule has 2 heterocycles. The summed E-state index contributed by atoms with van der Waals surface area (Å²) in [4.78, 5) is 15.5. The number of fused-ring (bicyclic) bond motifs is 3. The summed E-state index contributed by atoms with van der Waals surface area (Å²) in [5, 5.41) is 4.43. The van der Waals surface area contributed by atoms with Gasteiger partial charge in [-0.15, -0.1) is 0 Å². The fourth-order valence-electron chi connectivity index (χ4n) is 5.75. The van der Waals surface area contributed by atoms with Crippen LogP contribution in [0.4, 0.5) is 0 Å². The van der Waals surface area contributed by atoms with Crippen molar-refractivity contribution in [2.75, 3.05) is 19.7 Å². The maximum Gasteiger partial charge on any atom is 0.244 e. The van der Waals surface area contributed by atoms with Crippen LogP contribution in [0.5, 0.6) is 5.75 Å². The molecular weight excluding hydrogens is 448 g/mol. The van der Waals surface area contributed by atoms with E-state index in [4.69, 9.17) is 9.15 Å².